The van der Waals surface area contributed by atoms with E-state index in [-0.39, 0.29) is 18.4 Å². The van der Waals surface area contributed by atoms with Crippen molar-refractivity contribution in [3.63, 3.8) is 0 Å². The molecule has 1 fully saturated rings. The molecule has 6 nitrogen and oxygen atoms in total. The molecule has 0 aliphatic carbocycles. The number of carbonyl (C=O) groups excluding carboxylic acids is 2. The van der Waals surface area contributed by atoms with Crippen LogP contribution >= 0.6 is 22.9 Å². The number of rotatable bonds is 8. The molecule has 0 radical (unpaired) electrons. The van der Waals surface area contributed by atoms with Crippen molar-refractivity contribution < 1.29 is 9.59 Å². The number of hydrogen-bond donors (Lipinski definition) is 2. The number of amides is 2. The van der Waals surface area contributed by atoms with Gasteiger partial charge in [0, 0.05) is 44.1 Å². The molecule has 2 N–H and O–H groups in total. The number of nitrogens with zero attached hydrogens (tertiary/aromatic N) is 2. The molecular formula is C16H25ClN4O2S. The van der Waals surface area contributed by atoms with Gasteiger partial charge in [-0.25, -0.2) is 0 Å². The Kier molecular flexibility index (Phi) is 7.98. The van der Waals surface area contributed by atoms with Gasteiger partial charge in [-0.3, -0.25) is 19.4 Å². The fourth-order valence-corrected chi connectivity index (χ4v) is 3.66. The van der Waals surface area contributed by atoms with E-state index in [0.717, 1.165) is 43.5 Å². The van der Waals surface area contributed by atoms with Gasteiger partial charge in [0.15, 0.2) is 0 Å². The summed E-state index contributed by atoms with van der Waals surface area (Å²) in [6.07, 6.45) is 0.891. The van der Waals surface area contributed by atoms with Crippen molar-refractivity contribution in [1.82, 2.24) is 20.4 Å². The average molecular weight is 373 g/mol. The lowest BCUT2D eigenvalue weighted by Gasteiger charge is -2.34. The molecule has 0 saturated carbocycles. The highest BCUT2D eigenvalue weighted by Crippen LogP contribution is 2.23. The van der Waals surface area contributed by atoms with E-state index in [1.54, 1.807) is 11.3 Å². The van der Waals surface area contributed by atoms with Crippen LogP contribution in [0.2, 0.25) is 4.34 Å². The van der Waals surface area contributed by atoms with Crippen molar-refractivity contribution in [2.75, 3.05) is 45.8 Å². The third-order valence-corrected chi connectivity index (χ3v) is 5.07. The zero-order valence-electron chi connectivity index (χ0n) is 14.0. The molecule has 0 aromatic carbocycles. The van der Waals surface area contributed by atoms with Gasteiger partial charge in [-0.2, -0.15) is 0 Å². The summed E-state index contributed by atoms with van der Waals surface area (Å²) in [7, 11) is 0. The summed E-state index contributed by atoms with van der Waals surface area (Å²) in [5.41, 5.74) is 0. The van der Waals surface area contributed by atoms with E-state index in [2.05, 4.69) is 26.5 Å². The Morgan fingerprint density at radius 3 is 2.46 bits per heavy atom. The second-order valence-electron chi connectivity index (χ2n) is 5.88. The molecule has 0 spiro atoms. The van der Waals surface area contributed by atoms with E-state index in [1.165, 1.54) is 4.88 Å². The van der Waals surface area contributed by atoms with E-state index in [0.29, 0.717) is 13.1 Å². The van der Waals surface area contributed by atoms with Crippen molar-refractivity contribution in [2.45, 2.75) is 19.9 Å². The molecule has 2 rings (SSSR count). The van der Waals surface area contributed by atoms with Gasteiger partial charge in [0.25, 0.3) is 0 Å². The first kappa shape index (κ1) is 19.2. The van der Waals surface area contributed by atoms with Crippen LogP contribution in [0, 0.1) is 0 Å². The number of nitrogens with one attached hydrogen (secondary N) is 2. The molecule has 134 valence electrons. The molecule has 2 heterocycles. The van der Waals surface area contributed by atoms with E-state index in [4.69, 9.17) is 11.6 Å². The summed E-state index contributed by atoms with van der Waals surface area (Å²) in [4.78, 5) is 29.1. The fourth-order valence-electron chi connectivity index (χ4n) is 2.53. The minimum Gasteiger partial charge on any atom is -0.355 e. The zero-order valence-corrected chi connectivity index (χ0v) is 15.6. The first-order valence-corrected chi connectivity index (χ1v) is 9.48. The van der Waals surface area contributed by atoms with Crippen molar-refractivity contribution in [3.8, 4) is 0 Å². The molecule has 1 saturated heterocycles. The minimum atomic E-state index is -0.135. The molecule has 0 unspecified atom stereocenters. The summed E-state index contributed by atoms with van der Waals surface area (Å²) in [6, 6.07) is 4.00. The first-order valence-electron chi connectivity index (χ1n) is 8.29. The third kappa shape index (κ3) is 6.76. The maximum Gasteiger partial charge on any atom is 0.239 e. The lowest BCUT2D eigenvalue weighted by Crippen LogP contribution is -2.49. The Hall–Kier alpha value is -1.15. The van der Waals surface area contributed by atoms with Gasteiger partial charge in [0.05, 0.1) is 17.4 Å². The highest BCUT2D eigenvalue weighted by Gasteiger charge is 2.19. The Balaban J connectivity index is 1.61. The second kappa shape index (κ2) is 9.98. The van der Waals surface area contributed by atoms with Crippen LogP contribution in [-0.2, 0) is 16.1 Å². The van der Waals surface area contributed by atoms with Gasteiger partial charge in [0.2, 0.25) is 11.8 Å². The van der Waals surface area contributed by atoms with Gasteiger partial charge in [0.1, 0.15) is 0 Å². The van der Waals surface area contributed by atoms with Gasteiger partial charge in [-0.15, -0.1) is 11.3 Å². The van der Waals surface area contributed by atoms with Crippen LogP contribution in [-0.4, -0.2) is 67.4 Å². The van der Waals surface area contributed by atoms with Crippen molar-refractivity contribution in [1.29, 1.82) is 0 Å². The van der Waals surface area contributed by atoms with Crippen molar-refractivity contribution in [2.24, 2.45) is 0 Å². The van der Waals surface area contributed by atoms with Crippen LogP contribution in [0.3, 0.4) is 0 Å². The van der Waals surface area contributed by atoms with Crippen LogP contribution in [0.15, 0.2) is 12.1 Å². The Morgan fingerprint density at radius 2 is 1.83 bits per heavy atom. The molecular weight excluding hydrogens is 348 g/mol. The number of hydrogen-bond acceptors (Lipinski definition) is 5. The maximum absolute atomic E-state index is 11.9. The standard InChI is InChI=1S/C16H25ClN4O2S/c1-2-5-18-15(22)10-19-16(23)12-21-8-6-20(7-9-21)11-13-3-4-14(17)24-13/h3-4H,2,5-12H2,1H3,(H,18,22)(H,19,23). The molecule has 1 aliphatic rings. The van der Waals surface area contributed by atoms with E-state index in [1.807, 2.05) is 13.0 Å². The molecule has 1 aromatic heterocycles. The monoisotopic (exact) mass is 372 g/mol. The summed E-state index contributed by atoms with van der Waals surface area (Å²) >= 11 is 7.57. The lowest BCUT2D eigenvalue weighted by atomic mass is 10.3. The molecule has 1 aliphatic heterocycles. The van der Waals surface area contributed by atoms with Crippen LogP contribution < -0.4 is 10.6 Å². The van der Waals surface area contributed by atoms with Crippen LogP contribution in [0.1, 0.15) is 18.2 Å². The minimum absolute atomic E-state index is 0.0535. The number of piperazine rings is 1. The third-order valence-electron chi connectivity index (χ3n) is 3.86. The average Bonchev–Trinajstić information content (AvgIpc) is 2.98. The highest BCUT2D eigenvalue weighted by molar-refractivity contribution is 7.16. The van der Waals surface area contributed by atoms with Crippen LogP contribution in [0.4, 0.5) is 0 Å². The smallest absolute Gasteiger partial charge is 0.239 e. The van der Waals surface area contributed by atoms with E-state index < -0.39 is 0 Å². The predicted octanol–water partition coefficient (Wildman–Crippen LogP) is 1.16. The molecule has 2 amide bonds. The predicted molar refractivity (Wildman–Crippen MR) is 97.4 cm³/mol. The Labute approximate surface area is 152 Å². The quantitative estimate of drug-likeness (QED) is 0.718. The van der Waals surface area contributed by atoms with E-state index in [9.17, 15) is 9.59 Å². The molecule has 24 heavy (non-hydrogen) atoms. The van der Waals surface area contributed by atoms with Gasteiger partial charge < -0.3 is 10.6 Å². The van der Waals surface area contributed by atoms with Crippen molar-refractivity contribution in [3.05, 3.63) is 21.3 Å². The van der Waals surface area contributed by atoms with E-state index >= 15 is 0 Å². The summed E-state index contributed by atoms with van der Waals surface area (Å²) in [6.45, 7) is 7.52. The fraction of sp³-hybridized carbons (Fsp3) is 0.625. The summed E-state index contributed by atoms with van der Waals surface area (Å²) in [5, 5.41) is 5.41. The Bertz CT molecular complexity index is 544. The largest absolute Gasteiger partial charge is 0.355 e. The van der Waals surface area contributed by atoms with Crippen LogP contribution in [0.5, 0.6) is 0 Å². The molecule has 1 aromatic rings. The number of carbonyl (C=O) groups is 2. The SMILES string of the molecule is CCCNC(=O)CNC(=O)CN1CCN(Cc2ccc(Cl)s2)CC1. The Morgan fingerprint density at radius 1 is 1.12 bits per heavy atom. The summed E-state index contributed by atoms with van der Waals surface area (Å²) < 4.78 is 0.822. The van der Waals surface area contributed by atoms with Crippen LogP contribution in [0.25, 0.3) is 0 Å². The van der Waals surface area contributed by atoms with Gasteiger partial charge in [-0.1, -0.05) is 18.5 Å². The number of thiophene rings is 1. The normalized spacial score (nSPS) is 16.1. The topological polar surface area (TPSA) is 64.7 Å². The van der Waals surface area contributed by atoms with Gasteiger partial charge >= 0.3 is 0 Å². The van der Waals surface area contributed by atoms with Crippen molar-refractivity contribution >= 4 is 34.8 Å². The molecule has 8 heteroatoms. The molecule has 0 bridgehead atoms. The first-order chi connectivity index (χ1) is 11.6. The summed E-state index contributed by atoms with van der Waals surface area (Å²) in [5.74, 6) is -0.232. The highest BCUT2D eigenvalue weighted by atomic mass is 35.5. The number of halogens is 1. The van der Waals surface area contributed by atoms with Gasteiger partial charge in [-0.05, 0) is 18.6 Å². The lowest BCUT2D eigenvalue weighted by molar-refractivity contribution is -0.127. The second-order valence-corrected chi connectivity index (χ2v) is 7.68. The maximum atomic E-state index is 11.9. The molecule has 0 atom stereocenters. The zero-order chi connectivity index (χ0) is 17.4.